The molecular weight excluding hydrogens is 232 g/mol. The molecular formula is C13H26N2O3. The molecule has 0 radical (unpaired) electrons. The molecule has 0 aliphatic rings. The van der Waals surface area contributed by atoms with Crippen LogP contribution in [0.2, 0.25) is 0 Å². The van der Waals surface area contributed by atoms with Crippen LogP contribution in [0.1, 0.15) is 40.5 Å². The molecule has 5 nitrogen and oxygen atoms in total. The average molecular weight is 258 g/mol. The minimum absolute atomic E-state index is 0.0916. The van der Waals surface area contributed by atoms with E-state index in [1.165, 1.54) is 0 Å². The number of methoxy groups -OCH3 is 1. The van der Waals surface area contributed by atoms with Crippen molar-refractivity contribution >= 4 is 11.8 Å². The molecule has 0 spiro atoms. The van der Waals surface area contributed by atoms with E-state index in [9.17, 15) is 9.59 Å². The minimum Gasteiger partial charge on any atom is -0.368 e. The van der Waals surface area contributed by atoms with Gasteiger partial charge in [-0.3, -0.25) is 9.59 Å². The molecule has 5 heteroatoms. The first kappa shape index (κ1) is 16.9. The van der Waals surface area contributed by atoms with Crippen LogP contribution in [0.3, 0.4) is 0 Å². The molecule has 106 valence electrons. The quantitative estimate of drug-likeness (QED) is 0.711. The molecule has 0 aromatic carbocycles. The summed E-state index contributed by atoms with van der Waals surface area (Å²) in [5, 5.41) is 2.70. The molecule has 1 N–H and O–H groups in total. The highest BCUT2D eigenvalue weighted by atomic mass is 16.5. The third-order valence-corrected chi connectivity index (χ3v) is 3.30. The molecule has 0 aromatic rings. The molecule has 0 atom stereocenters. The Hall–Kier alpha value is -1.10. The van der Waals surface area contributed by atoms with Crippen molar-refractivity contribution in [3.8, 4) is 0 Å². The number of hydrogen-bond acceptors (Lipinski definition) is 3. The van der Waals surface area contributed by atoms with Crippen LogP contribution >= 0.6 is 0 Å². The van der Waals surface area contributed by atoms with Gasteiger partial charge in [-0.25, -0.2) is 0 Å². The van der Waals surface area contributed by atoms with Gasteiger partial charge >= 0.3 is 0 Å². The second-order valence-electron chi connectivity index (χ2n) is 4.18. The number of nitrogens with zero attached hydrogens (tertiary/aromatic N) is 1. The van der Waals surface area contributed by atoms with E-state index in [-0.39, 0.29) is 18.4 Å². The second kappa shape index (κ2) is 8.08. The molecule has 0 saturated heterocycles. The number of carbonyl (C=O) groups excluding carboxylic acids is 2. The Balaban J connectivity index is 4.83. The lowest BCUT2D eigenvalue weighted by molar-refractivity contribution is -0.157. The summed E-state index contributed by atoms with van der Waals surface area (Å²) in [4.78, 5) is 25.6. The molecule has 2 amide bonds. The van der Waals surface area contributed by atoms with Gasteiger partial charge in [0.1, 0.15) is 5.60 Å². The molecule has 18 heavy (non-hydrogen) atoms. The van der Waals surface area contributed by atoms with Crippen LogP contribution < -0.4 is 5.32 Å². The molecule has 0 bridgehead atoms. The maximum absolute atomic E-state index is 12.5. The topological polar surface area (TPSA) is 58.6 Å². The highest BCUT2D eigenvalue weighted by Gasteiger charge is 2.38. The van der Waals surface area contributed by atoms with Crippen LogP contribution in [0.5, 0.6) is 0 Å². The van der Waals surface area contributed by atoms with Gasteiger partial charge in [-0.05, 0) is 26.7 Å². The van der Waals surface area contributed by atoms with Crippen LogP contribution in [0.25, 0.3) is 0 Å². The number of rotatable bonds is 8. The van der Waals surface area contributed by atoms with Crippen LogP contribution in [-0.2, 0) is 14.3 Å². The number of carbonyl (C=O) groups is 2. The molecule has 0 saturated carbocycles. The van der Waals surface area contributed by atoms with E-state index in [1.807, 2.05) is 27.7 Å². The van der Waals surface area contributed by atoms with Crippen molar-refractivity contribution in [1.29, 1.82) is 0 Å². The van der Waals surface area contributed by atoms with Crippen molar-refractivity contribution < 1.29 is 14.3 Å². The molecule has 0 unspecified atom stereocenters. The first-order valence-corrected chi connectivity index (χ1v) is 6.62. The van der Waals surface area contributed by atoms with E-state index in [2.05, 4.69) is 5.32 Å². The van der Waals surface area contributed by atoms with Gasteiger partial charge < -0.3 is 15.0 Å². The largest absolute Gasteiger partial charge is 0.368 e. The lowest BCUT2D eigenvalue weighted by Gasteiger charge is -2.34. The fourth-order valence-electron chi connectivity index (χ4n) is 1.97. The Morgan fingerprint density at radius 1 is 1.17 bits per heavy atom. The first-order valence-electron chi connectivity index (χ1n) is 6.62. The predicted octanol–water partition coefficient (Wildman–Crippen LogP) is 1.18. The number of amides is 2. The lowest BCUT2D eigenvalue weighted by atomic mass is 9.95. The first-order chi connectivity index (χ1) is 8.51. The average Bonchev–Trinajstić information content (AvgIpc) is 2.38. The Morgan fingerprint density at radius 2 is 1.72 bits per heavy atom. The predicted molar refractivity (Wildman–Crippen MR) is 71.3 cm³/mol. The SMILES string of the molecule is CCNC(=O)CN(CC)C(=O)C(CC)(CC)OC. The maximum atomic E-state index is 12.5. The zero-order chi connectivity index (χ0) is 14.2. The Labute approximate surface area is 110 Å². The number of nitrogens with one attached hydrogen (secondary N) is 1. The van der Waals surface area contributed by atoms with Gasteiger partial charge in [-0.1, -0.05) is 13.8 Å². The summed E-state index contributed by atoms with van der Waals surface area (Å²) >= 11 is 0. The van der Waals surface area contributed by atoms with E-state index in [0.717, 1.165) is 0 Å². The Morgan fingerprint density at radius 3 is 2.06 bits per heavy atom. The summed E-state index contributed by atoms with van der Waals surface area (Å²) in [7, 11) is 1.55. The van der Waals surface area contributed by atoms with E-state index in [1.54, 1.807) is 12.0 Å². The van der Waals surface area contributed by atoms with Gasteiger partial charge in [0.25, 0.3) is 5.91 Å². The summed E-state index contributed by atoms with van der Waals surface area (Å²) in [6.07, 6.45) is 1.20. The Bertz CT molecular complexity index is 267. The van der Waals surface area contributed by atoms with Gasteiger partial charge in [0.2, 0.25) is 5.91 Å². The summed E-state index contributed by atoms with van der Waals surface area (Å²) in [5.41, 5.74) is -0.803. The number of likely N-dealkylation sites (N-methyl/N-ethyl adjacent to an activating group) is 2. The van der Waals surface area contributed by atoms with Crippen molar-refractivity contribution in [2.45, 2.75) is 46.1 Å². The highest BCUT2D eigenvalue weighted by Crippen LogP contribution is 2.22. The zero-order valence-corrected chi connectivity index (χ0v) is 12.2. The second-order valence-corrected chi connectivity index (χ2v) is 4.18. The molecule has 0 aliphatic carbocycles. The fourth-order valence-corrected chi connectivity index (χ4v) is 1.97. The van der Waals surface area contributed by atoms with Crippen LogP contribution in [-0.4, -0.2) is 49.1 Å². The van der Waals surface area contributed by atoms with Gasteiger partial charge in [-0.15, -0.1) is 0 Å². The van der Waals surface area contributed by atoms with Crippen LogP contribution in [0.4, 0.5) is 0 Å². The van der Waals surface area contributed by atoms with Gasteiger partial charge in [0.05, 0.1) is 6.54 Å². The van der Waals surface area contributed by atoms with E-state index >= 15 is 0 Å². The van der Waals surface area contributed by atoms with E-state index in [0.29, 0.717) is 25.9 Å². The van der Waals surface area contributed by atoms with Crippen molar-refractivity contribution in [3.63, 3.8) is 0 Å². The van der Waals surface area contributed by atoms with E-state index < -0.39 is 5.60 Å². The third kappa shape index (κ3) is 3.98. The van der Waals surface area contributed by atoms with Gasteiger partial charge in [-0.2, -0.15) is 0 Å². The monoisotopic (exact) mass is 258 g/mol. The third-order valence-electron chi connectivity index (χ3n) is 3.30. The van der Waals surface area contributed by atoms with Crippen molar-refractivity contribution in [1.82, 2.24) is 10.2 Å². The number of ether oxygens (including phenoxy) is 1. The van der Waals surface area contributed by atoms with Crippen LogP contribution in [0, 0.1) is 0 Å². The molecule has 0 aromatic heterocycles. The summed E-state index contributed by atoms with van der Waals surface area (Å²) in [6, 6.07) is 0. The zero-order valence-electron chi connectivity index (χ0n) is 12.2. The number of hydrogen-bond donors (Lipinski definition) is 1. The maximum Gasteiger partial charge on any atom is 0.255 e. The van der Waals surface area contributed by atoms with Crippen molar-refractivity contribution in [2.24, 2.45) is 0 Å². The summed E-state index contributed by atoms with van der Waals surface area (Å²) < 4.78 is 5.40. The summed E-state index contributed by atoms with van der Waals surface area (Å²) in [6.45, 7) is 8.73. The van der Waals surface area contributed by atoms with E-state index in [4.69, 9.17) is 4.74 Å². The van der Waals surface area contributed by atoms with Crippen molar-refractivity contribution in [2.75, 3.05) is 26.7 Å². The molecule has 0 aliphatic heterocycles. The Kier molecular flexibility index (Phi) is 7.59. The molecule has 0 heterocycles. The van der Waals surface area contributed by atoms with Crippen molar-refractivity contribution in [3.05, 3.63) is 0 Å². The highest BCUT2D eigenvalue weighted by molar-refractivity contribution is 5.89. The normalized spacial score (nSPS) is 11.2. The lowest BCUT2D eigenvalue weighted by Crippen LogP contribution is -2.52. The molecule has 0 fully saturated rings. The minimum atomic E-state index is -0.803. The summed E-state index contributed by atoms with van der Waals surface area (Å²) in [5.74, 6) is -0.242. The van der Waals surface area contributed by atoms with Gasteiger partial charge in [0.15, 0.2) is 0 Å². The smallest absolute Gasteiger partial charge is 0.255 e. The van der Waals surface area contributed by atoms with Gasteiger partial charge in [0, 0.05) is 20.2 Å². The van der Waals surface area contributed by atoms with Crippen LogP contribution in [0.15, 0.2) is 0 Å². The standard InChI is InChI=1S/C13H26N2O3/c1-6-13(7-2,18-5)12(17)15(9-4)10-11(16)14-8-3/h6-10H2,1-5H3,(H,14,16). The fraction of sp³-hybridized carbons (Fsp3) is 0.846. The molecule has 0 rings (SSSR count).